The zero-order valence-electron chi connectivity index (χ0n) is 17.1. The molecule has 5 nitrogen and oxygen atoms in total. The first-order chi connectivity index (χ1) is 14.5. The van der Waals surface area contributed by atoms with Crippen LogP contribution in [0.15, 0.2) is 66.7 Å². The first-order valence-corrected chi connectivity index (χ1v) is 10.1. The number of aromatic carboxylic acids is 1. The molecule has 0 radical (unpaired) electrons. The molecule has 3 aromatic carbocycles. The van der Waals surface area contributed by atoms with Gasteiger partial charge in [-0.1, -0.05) is 41.9 Å². The van der Waals surface area contributed by atoms with Gasteiger partial charge in [0.1, 0.15) is 6.61 Å². The highest BCUT2D eigenvalue weighted by Crippen LogP contribution is 2.29. The molecule has 0 aliphatic heterocycles. The Labute approximate surface area is 193 Å². The minimum atomic E-state index is -0.920. The lowest BCUT2D eigenvalue weighted by Gasteiger charge is -2.14. The van der Waals surface area contributed by atoms with E-state index < -0.39 is 5.97 Å². The summed E-state index contributed by atoms with van der Waals surface area (Å²) in [4.78, 5) is 10.9. The lowest BCUT2D eigenvalue weighted by atomic mass is 10.1. The van der Waals surface area contributed by atoms with Gasteiger partial charge in [0.25, 0.3) is 0 Å². The Hall–Kier alpha value is -2.73. The summed E-state index contributed by atoms with van der Waals surface area (Å²) in [5, 5.41) is 13.0. The van der Waals surface area contributed by atoms with Crippen molar-refractivity contribution in [2.45, 2.75) is 26.6 Å². The molecule has 0 saturated carbocycles. The highest BCUT2D eigenvalue weighted by Gasteiger charge is 2.08. The molecule has 3 aromatic rings. The normalized spacial score (nSPS) is 10.3. The third kappa shape index (κ3) is 7.47. The van der Waals surface area contributed by atoms with Crippen molar-refractivity contribution in [2.24, 2.45) is 0 Å². The molecule has 0 aliphatic carbocycles. The lowest BCUT2D eigenvalue weighted by Crippen LogP contribution is -2.13. The van der Waals surface area contributed by atoms with Gasteiger partial charge in [-0.2, -0.15) is 0 Å². The molecular weight excluding hydrogens is 437 g/mol. The number of hydrogen-bond acceptors (Lipinski definition) is 4. The quantitative estimate of drug-likeness (QED) is 0.403. The van der Waals surface area contributed by atoms with E-state index in [0.717, 1.165) is 16.7 Å². The van der Waals surface area contributed by atoms with Gasteiger partial charge in [-0.05, 0) is 60.0 Å². The van der Waals surface area contributed by atoms with Crippen LogP contribution in [0, 0.1) is 0 Å². The predicted molar refractivity (Wildman–Crippen MR) is 125 cm³/mol. The maximum absolute atomic E-state index is 10.9. The Kier molecular flexibility index (Phi) is 9.66. The molecule has 0 heterocycles. The van der Waals surface area contributed by atoms with Gasteiger partial charge in [0.05, 0.1) is 12.2 Å². The van der Waals surface area contributed by atoms with Crippen LogP contribution in [0.3, 0.4) is 0 Å². The zero-order valence-corrected chi connectivity index (χ0v) is 18.7. The first kappa shape index (κ1) is 24.5. The average molecular weight is 462 g/mol. The second-order valence-electron chi connectivity index (χ2n) is 6.73. The molecule has 0 bridgehead atoms. The number of hydrogen-bond donors (Lipinski definition) is 2. The van der Waals surface area contributed by atoms with Crippen molar-refractivity contribution < 1.29 is 19.4 Å². The van der Waals surface area contributed by atoms with Gasteiger partial charge in [0.2, 0.25) is 0 Å². The fourth-order valence-electron chi connectivity index (χ4n) is 2.91. The second-order valence-corrected chi connectivity index (χ2v) is 7.17. The van der Waals surface area contributed by atoms with E-state index >= 15 is 0 Å². The van der Waals surface area contributed by atoms with Crippen LogP contribution in [0.4, 0.5) is 0 Å². The second kappa shape index (κ2) is 12.2. The fraction of sp³-hybridized carbons (Fsp3) is 0.208. The van der Waals surface area contributed by atoms with Crippen LogP contribution in [-0.4, -0.2) is 17.7 Å². The lowest BCUT2D eigenvalue weighted by molar-refractivity contribution is 0.0697. The van der Waals surface area contributed by atoms with Gasteiger partial charge < -0.3 is 19.9 Å². The third-order valence-corrected chi connectivity index (χ3v) is 4.73. The number of benzene rings is 3. The molecule has 0 unspecified atom stereocenters. The number of carboxylic acid groups (broad SMARTS) is 1. The predicted octanol–water partition coefficient (Wildman–Crippen LogP) is 5.73. The van der Waals surface area contributed by atoms with E-state index in [1.54, 1.807) is 12.1 Å². The van der Waals surface area contributed by atoms with Crippen LogP contribution in [0.5, 0.6) is 11.5 Å². The Bertz CT molecular complexity index is 976. The molecule has 0 aliphatic rings. The molecule has 2 N–H and O–H groups in total. The SMILES string of the molecule is CCOc1cc(CNCc2ccc(C(=O)O)cc2)ccc1OCc1ccc(Cl)cc1.Cl. The largest absolute Gasteiger partial charge is 0.490 e. The van der Waals surface area contributed by atoms with E-state index in [0.29, 0.717) is 42.8 Å². The van der Waals surface area contributed by atoms with Gasteiger partial charge in [0.15, 0.2) is 11.5 Å². The Balaban J connectivity index is 0.00000341. The molecule has 0 fully saturated rings. The summed E-state index contributed by atoms with van der Waals surface area (Å²) in [6.07, 6.45) is 0. The molecule has 3 rings (SSSR count). The molecule has 0 spiro atoms. The Morgan fingerprint density at radius 2 is 1.48 bits per heavy atom. The monoisotopic (exact) mass is 461 g/mol. The van der Waals surface area contributed by atoms with E-state index in [9.17, 15) is 4.79 Å². The maximum atomic E-state index is 10.9. The molecule has 164 valence electrons. The number of ether oxygens (including phenoxy) is 2. The van der Waals surface area contributed by atoms with Crippen molar-refractivity contribution >= 4 is 30.0 Å². The first-order valence-electron chi connectivity index (χ1n) is 9.71. The minimum Gasteiger partial charge on any atom is -0.490 e. The minimum absolute atomic E-state index is 0. The van der Waals surface area contributed by atoms with E-state index in [-0.39, 0.29) is 18.0 Å². The van der Waals surface area contributed by atoms with E-state index in [4.69, 9.17) is 26.2 Å². The van der Waals surface area contributed by atoms with Gasteiger partial charge in [0, 0.05) is 18.1 Å². The topological polar surface area (TPSA) is 67.8 Å². The number of carboxylic acids is 1. The van der Waals surface area contributed by atoms with Crippen molar-refractivity contribution in [2.75, 3.05) is 6.61 Å². The van der Waals surface area contributed by atoms with Crippen molar-refractivity contribution in [1.29, 1.82) is 0 Å². The van der Waals surface area contributed by atoms with Crippen LogP contribution in [0.25, 0.3) is 0 Å². The third-order valence-electron chi connectivity index (χ3n) is 4.47. The van der Waals surface area contributed by atoms with Crippen LogP contribution in [0.2, 0.25) is 5.02 Å². The molecular formula is C24H25Cl2NO4. The number of halogens is 2. The van der Waals surface area contributed by atoms with Gasteiger partial charge >= 0.3 is 5.97 Å². The number of rotatable bonds is 10. The van der Waals surface area contributed by atoms with Gasteiger partial charge in [-0.15, -0.1) is 12.4 Å². The van der Waals surface area contributed by atoms with Crippen LogP contribution < -0.4 is 14.8 Å². The van der Waals surface area contributed by atoms with Gasteiger partial charge in [-0.25, -0.2) is 4.79 Å². The highest BCUT2D eigenvalue weighted by atomic mass is 35.5. The number of nitrogens with one attached hydrogen (secondary N) is 1. The van der Waals surface area contributed by atoms with E-state index in [2.05, 4.69) is 5.32 Å². The molecule has 31 heavy (non-hydrogen) atoms. The summed E-state index contributed by atoms with van der Waals surface area (Å²) in [6, 6.07) is 20.3. The summed E-state index contributed by atoms with van der Waals surface area (Å²) in [5.74, 6) is 0.479. The average Bonchev–Trinajstić information content (AvgIpc) is 2.75. The molecule has 7 heteroatoms. The van der Waals surface area contributed by atoms with Crippen LogP contribution >= 0.6 is 24.0 Å². The van der Waals surface area contributed by atoms with Crippen molar-refractivity contribution in [1.82, 2.24) is 5.32 Å². The summed E-state index contributed by atoms with van der Waals surface area (Å²) < 4.78 is 11.7. The van der Waals surface area contributed by atoms with Crippen LogP contribution in [-0.2, 0) is 19.7 Å². The Morgan fingerprint density at radius 1 is 0.871 bits per heavy atom. The molecule has 0 aromatic heterocycles. The summed E-state index contributed by atoms with van der Waals surface area (Å²) in [5.41, 5.74) is 3.41. The molecule has 0 amide bonds. The molecule has 0 saturated heterocycles. The number of carbonyl (C=O) groups is 1. The smallest absolute Gasteiger partial charge is 0.335 e. The summed E-state index contributed by atoms with van der Waals surface area (Å²) >= 11 is 5.92. The Morgan fingerprint density at radius 3 is 2.13 bits per heavy atom. The molecule has 0 atom stereocenters. The van der Waals surface area contributed by atoms with E-state index in [1.165, 1.54) is 0 Å². The van der Waals surface area contributed by atoms with Crippen molar-refractivity contribution in [3.8, 4) is 11.5 Å². The summed E-state index contributed by atoms with van der Waals surface area (Å²) in [6.45, 7) is 4.21. The van der Waals surface area contributed by atoms with E-state index in [1.807, 2.05) is 61.5 Å². The van der Waals surface area contributed by atoms with Crippen molar-refractivity contribution in [3.05, 3.63) is 94.0 Å². The van der Waals surface area contributed by atoms with Crippen LogP contribution in [0.1, 0.15) is 34.0 Å². The standard InChI is InChI=1S/C24H24ClNO4.ClH/c1-2-29-23-13-19(15-26-14-17-3-8-20(9-4-17)24(27)28)7-12-22(23)30-16-18-5-10-21(25)11-6-18;/h3-13,26H,2,14-16H2,1H3,(H,27,28);1H. The van der Waals surface area contributed by atoms with Crippen molar-refractivity contribution in [3.63, 3.8) is 0 Å². The fourth-order valence-corrected chi connectivity index (χ4v) is 3.03. The van der Waals surface area contributed by atoms with Gasteiger partial charge in [-0.3, -0.25) is 0 Å². The summed E-state index contributed by atoms with van der Waals surface area (Å²) in [7, 11) is 0. The maximum Gasteiger partial charge on any atom is 0.335 e. The highest BCUT2D eigenvalue weighted by molar-refractivity contribution is 6.30. The zero-order chi connectivity index (χ0) is 21.3.